The molecule has 1 saturated carbocycles. The van der Waals surface area contributed by atoms with E-state index in [-0.39, 0.29) is 10.6 Å². The first kappa shape index (κ1) is 23.9. The first-order valence-electron chi connectivity index (χ1n) is 10.6. The highest BCUT2D eigenvalue weighted by Gasteiger charge is 2.53. The van der Waals surface area contributed by atoms with Gasteiger partial charge in [-0.05, 0) is 55.5 Å². The highest BCUT2D eigenvalue weighted by atomic mass is 79.9. The Morgan fingerprint density at radius 1 is 1.03 bits per heavy atom. The van der Waals surface area contributed by atoms with Gasteiger partial charge in [-0.1, -0.05) is 58.2 Å². The van der Waals surface area contributed by atoms with E-state index in [4.69, 9.17) is 23.2 Å². The van der Waals surface area contributed by atoms with Gasteiger partial charge in [-0.15, -0.1) is 0 Å². The van der Waals surface area contributed by atoms with Gasteiger partial charge in [0.25, 0.3) is 17.7 Å². The van der Waals surface area contributed by atoms with Crippen LogP contribution in [0.5, 0.6) is 0 Å². The SMILES string of the molecule is C[C@@H]1CC[C@H]2C(=O)N(N(CC(=O)c3ccc(Br)cc3)C(=O)c3ccc(Cl)cc3Cl)C(=O)[C@H]2C1. The van der Waals surface area contributed by atoms with Crippen molar-refractivity contribution in [1.82, 2.24) is 10.0 Å². The van der Waals surface area contributed by atoms with E-state index in [9.17, 15) is 19.2 Å². The molecule has 172 valence electrons. The molecule has 2 aromatic rings. The lowest BCUT2D eigenvalue weighted by molar-refractivity contribution is -0.154. The highest BCUT2D eigenvalue weighted by molar-refractivity contribution is 9.10. The van der Waals surface area contributed by atoms with E-state index in [0.29, 0.717) is 29.3 Å². The molecule has 9 heteroatoms. The molecule has 4 rings (SSSR count). The molecule has 0 unspecified atom stereocenters. The quantitative estimate of drug-likeness (QED) is 0.367. The number of carbonyl (C=O) groups is 4. The number of hydrazine groups is 1. The van der Waals surface area contributed by atoms with E-state index in [0.717, 1.165) is 20.9 Å². The molecule has 3 atom stereocenters. The van der Waals surface area contributed by atoms with Crippen LogP contribution in [0.3, 0.4) is 0 Å². The van der Waals surface area contributed by atoms with Crippen molar-refractivity contribution in [1.29, 1.82) is 0 Å². The van der Waals surface area contributed by atoms with Crippen LogP contribution in [0.2, 0.25) is 10.0 Å². The summed E-state index contributed by atoms with van der Waals surface area (Å²) >= 11 is 15.5. The van der Waals surface area contributed by atoms with Crippen molar-refractivity contribution in [2.75, 3.05) is 6.54 Å². The van der Waals surface area contributed by atoms with Crippen molar-refractivity contribution in [2.45, 2.75) is 26.2 Å². The molecular formula is C24H21BrCl2N2O4. The minimum absolute atomic E-state index is 0.0495. The molecule has 6 nitrogen and oxygen atoms in total. The molecule has 1 aliphatic heterocycles. The number of hydrogen-bond acceptors (Lipinski definition) is 4. The number of rotatable bonds is 5. The first-order chi connectivity index (χ1) is 15.7. The molecule has 1 aliphatic carbocycles. The minimum atomic E-state index is -0.712. The second-order valence-electron chi connectivity index (χ2n) is 8.54. The molecule has 2 aromatic carbocycles. The molecule has 1 heterocycles. The number of halogens is 3. The van der Waals surface area contributed by atoms with Gasteiger partial charge in [0.2, 0.25) is 0 Å². The molecule has 2 aliphatic rings. The number of ketones is 1. The summed E-state index contributed by atoms with van der Waals surface area (Å²) in [5.74, 6) is -2.67. The molecule has 0 spiro atoms. The van der Waals surface area contributed by atoms with Crippen molar-refractivity contribution in [3.05, 3.63) is 68.1 Å². The van der Waals surface area contributed by atoms with E-state index < -0.39 is 41.9 Å². The van der Waals surface area contributed by atoms with Gasteiger partial charge in [-0.2, -0.15) is 5.01 Å². The lowest BCUT2D eigenvalue weighted by atomic mass is 9.76. The molecule has 0 N–H and O–H groups in total. The van der Waals surface area contributed by atoms with Crippen LogP contribution >= 0.6 is 39.1 Å². The van der Waals surface area contributed by atoms with Gasteiger partial charge >= 0.3 is 0 Å². The minimum Gasteiger partial charge on any atom is -0.292 e. The lowest BCUT2D eigenvalue weighted by Crippen LogP contribution is -2.52. The summed E-state index contributed by atoms with van der Waals surface area (Å²) in [5.41, 5.74) is 0.400. The molecule has 3 amide bonds. The lowest BCUT2D eigenvalue weighted by Gasteiger charge is -2.30. The maximum Gasteiger partial charge on any atom is 0.274 e. The maximum atomic E-state index is 13.5. The summed E-state index contributed by atoms with van der Waals surface area (Å²) in [6.07, 6.45) is 2.00. The predicted octanol–water partition coefficient (Wildman–Crippen LogP) is 5.42. The number of imide groups is 1. The number of nitrogens with zero attached hydrogens (tertiary/aromatic N) is 2. The van der Waals surface area contributed by atoms with Gasteiger partial charge in [0.15, 0.2) is 5.78 Å². The summed E-state index contributed by atoms with van der Waals surface area (Å²) in [6, 6.07) is 10.9. The van der Waals surface area contributed by atoms with Crippen LogP contribution < -0.4 is 0 Å². The largest absolute Gasteiger partial charge is 0.292 e. The van der Waals surface area contributed by atoms with Crippen molar-refractivity contribution < 1.29 is 19.2 Å². The normalized spacial score (nSPS) is 22.3. The summed E-state index contributed by atoms with van der Waals surface area (Å²) in [5, 5.41) is 2.21. The van der Waals surface area contributed by atoms with Crippen LogP contribution in [0.1, 0.15) is 46.9 Å². The highest BCUT2D eigenvalue weighted by Crippen LogP contribution is 2.41. The first-order valence-corrected chi connectivity index (χ1v) is 12.2. The fourth-order valence-electron chi connectivity index (χ4n) is 4.51. The third-order valence-corrected chi connectivity index (χ3v) is 7.34. The average Bonchev–Trinajstić information content (AvgIpc) is 3.01. The second-order valence-corrected chi connectivity index (χ2v) is 10.3. The van der Waals surface area contributed by atoms with E-state index >= 15 is 0 Å². The van der Waals surface area contributed by atoms with Gasteiger partial charge in [0.1, 0.15) is 6.54 Å². The van der Waals surface area contributed by atoms with Crippen LogP contribution in [-0.2, 0) is 9.59 Å². The molecule has 0 aromatic heterocycles. The average molecular weight is 552 g/mol. The van der Waals surface area contributed by atoms with E-state index in [2.05, 4.69) is 15.9 Å². The maximum absolute atomic E-state index is 13.5. The van der Waals surface area contributed by atoms with Gasteiger partial charge in [0.05, 0.1) is 22.4 Å². The molecule has 0 bridgehead atoms. The van der Waals surface area contributed by atoms with Crippen LogP contribution in [0.15, 0.2) is 46.9 Å². The monoisotopic (exact) mass is 550 g/mol. The zero-order valence-corrected chi connectivity index (χ0v) is 20.9. The number of benzene rings is 2. The van der Waals surface area contributed by atoms with E-state index in [1.165, 1.54) is 18.2 Å². The Balaban J connectivity index is 1.71. The van der Waals surface area contributed by atoms with E-state index in [1.807, 2.05) is 6.92 Å². The van der Waals surface area contributed by atoms with Gasteiger partial charge in [0, 0.05) is 15.1 Å². The summed E-state index contributed by atoms with van der Waals surface area (Å²) in [4.78, 5) is 53.2. The molecule has 1 saturated heterocycles. The van der Waals surface area contributed by atoms with Crippen LogP contribution in [0, 0.1) is 17.8 Å². The Morgan fingerprint density at radius 2 is 1.70 bits per heavy atom. The van der Waals surface area contributed by atoms with Crippen molar-refractivity contribution >= 4 is 62.6 Å². The summed E-state index contributed by atoms with van der Waals surface area (Å²) in [7, 11) is 0. The van der Waals surface area contributed by atoms with Crippen LogP contribution in [0.4, 0.5) is 0 Å². The summed E-state index contributed by atoms with van der Waals surface area (Å²) < 4.78 is 0.794. The Kier molecular flexibility index (Phi) is 6.93. The Bertz CT molecular complexity index is 1140. The van der Waals surface area contributed by atoms with Gasteiger partial charge in [-0.25, -0.2) is 5.01 Å². The fourth-order valence-corrected chi connectivity index (χ4v) is 5.26. The second kappa shape index (κ2) is 9.57. The number of amides is 3. The molecule has 33 heavy (non-hydrogen) atoms. The smallest absolute Gasteiger partial charge is 0.274 e. The summed E-state index contributed by atoms with van der Waals surface area (Å²) in [6.45, 7) is 1.57. The molecule has 0 radical (unpaired) electrons. The standard InChI is InChI=1S/C24H21BrCl2N2O4/c1-13-2-8-17-19(10-13)24(33)29(23(17)32)28(12-21(30)14-3-5-15(25)6-4-14)22(31)18-9-7-16(26)11-20(18)27/h3-7,9,11,13,17,19H,2,8,10,12H2,1H3/t13-,17-,19+/m1/s1. The van der Waals surface area contributed by atoms with Crippen LogP contribution in [-0.4, -0.2) is 40.1 Å². The van der Waals surface area contributed by atoms with Crippen molar-refractivity contribution in [3.8, 4) is 0 Å². The van der Waals surface area contributed by atoms with Crippen LogP contribution in [0.25, 0.3) is 0 Å². The zero-order valence-electron chi connectivity index (χ0n) is 17.8. The fraction of sp³-hybridized carbons (Fsp3) is 0.333. The Morgan fingerprint density at radius 3 is 2.36 bits per heavy atom. The van der Waals surface area contributed by atoms with Gasteiger partial charge in [-0.3, -0.25) is 19.2 Å². The Labute approximate surface area is 209 Å². The third kappa shape index (κ3) is 4.72. The third-order valence-electron chi connectivity index (χ3n) is 6.26. The van der Waals surface area contributed by atoms with Crippen molar-refractivity contribution in [2.24, 2.45) is 17.8 Å². The molecular weight excluding hydrogens is 531 g/mol. The van der Waals surface area contributed by atoms with Crippen molar-refractivity contribution in [3.63, 3.8) is 0 Å². The number of hydrogen-bond donors (Lipinski definition) is 0. The molecule has 2 fully saturated rings. The Hall–Kier alpha value is -2.22. The number of fused-ring (bicyclic) bond motifs is 1. The topological polar surface area (TPSA) is 74.8 Å². The zero-order chi connectivity index (χ0) is 23.9. The predicted molar refractivity (Wildman–Crippen MR) is 128 cm³/mol. The number of Topliss-reactive ketones (excluding diaryl/α,β-unsaturated/α-hetero) is 1. The van der Waals surface area contributed by atoms with Gasteiger partial charge < -0.3 is 0 Å². The number of carbonyl (C=O) groups excluding carboxylic acids is 4. The van der Waals surface area contributed by atoms with E-state index in [1.54, 1.807) is 24.3 Å².